The van der Waals surface area contributed by atoms with Crippen molar-refractivity contribution in [1.82, 2.24) is 0 Å². The van der Waals surface area contributed by atoms with Crippen molar-refractivity contribution in [2.24, 2.45) is 0 Å². The van der Waals surface area contributed by atoms with Crippen LogP contribution in [0.1, 0.15) is 46.5 Å². The summed E-state index contributed by atoms with van der Waals surface area (Å²) in [6.45, 7) is 6.86. The van der Waals surface area contributed by atoms with Gasteiger partial charge in [-0.25, -0.2) is 0 Å². The van der Waals surface area contributed by atoms with Crippen LogP contribution in [-0.4, -0.2) is 32.0 Å². The molecule has 0 heterocycles. The van der Waals surface area contributed by atoms with Crippen LogP contribution in [-0.2, 0) is 23.1 Å². The molecule has 18 heavy (non-hydrogen) atoms. The molecule has 0 aliphatic carbocycles. The molecule has 6 heteroatoms. The summed E-state index contributed by atoms with van der Waals surface area (Å²) in [6.07, 6.45) is 2.58. The van der Waals surface area contributed by atoms with Crippen LogP contribution in [0.25, 0.3) is 0 Å². The van der Waals surface area contributed by atoms with E-state index in [1.807, 2.05) is 13.8 Å². The van der Waals surface area contributed by atoms with E-state index in [0.29, 0.717) is 26.2 Å². The molecule has 5 nitrogen and oxygen atoms in total. The van der Waals surface area contributed by atoms with Gasteiger partial charge in [-0.1, -0.05) is 13.8 Å². The predicted octanol–water partition coefficient (Wildman–Crippen LogP) is 3.38. The van der Waals surface area contributed by atoms with Crippen molar-refractivity contribution in [2.45, 2.75) is 46.5 Å². The molecule has 0 saturated carbocycles. The van der Waals surface area contributed by atoms with E-state index in [4.69, 9.17) is 13.8 Å². The summed E-state index contributed by atoms with van der Waals surface area (Å²) in [5, 5.41) is 0. The van der Waals surface area contributed by atoms with Gasteiger partial charge in [0.25, 0.3) is 0 Å². The van der Waals surface area contributed by atoms with Crippen molar-refractivity contribution in [3.05, 3.63) is 0 Å². The Balaban J connectivity index is 3.96. The van der Waals surface area contributed by atoms with Crippen LogP contribution in [0.15, 0.2) is 0 Å². The first-order valence-corrected chi connectivity index (χ1v) is 8.34. The monoisotopic (exact) mass is 280 g/mol. The normalized spacial score (nSPS) is 14.2. The van der Waals surface area contributed by atoms with Gasteiger partial charge in [0.2, 0.25) is 0 Å². The molecular formula is C12H25O5P. The van der Waals surface area contributed by atoms with Crippen LogP contribution in [0.4, 0.5) is 0 Å². The summed E-state index contributed by atoms with van der Waals surface area (Å²) < 4.78 is 27.5. The highest BCUT2D eigenvalue weighted by Crippen LogP contribution is 2.48. The van der Waals surface area contributed by atoms with E-state index in [-0.39, 0.29) is 18.6 Å². The molecule has 0 fully saturated rings. The smallest absolute Gasteiger partial charge is 0.330 e. The Morgan fingerprint density at radius 3 is 2.28 bits per heavy atom. The van der Waals surface area contributed by atoms with Crippen LogP contribution in [0.3, 0.4) is 0 Å². The third-order valence-electron chi connectivity index (χ3n) is 2.10. The molecule has 0 aromatic rings. The third-order valence-corrected chi connectivity index (χ3v) is 4.19. The predicted molar refractivity (Wildman–Crippen MR) is 70.8 cm³/mol. The molecule has 0 saturated heterocycles. The Morgan fingerprint density at radius 1 is 1.06 bits per heavy atom. The maximum atomic E-state index is 12.2. The van der Waals surface area contributed by atoms with Gasteiger partial charge in [0.05, 0.1) is 26.0 Å². The number of carbonyl (C=O) groups is 1. The van der Waals surface area contributed by atoms with E-state index in [0.717, 1.165) is 12.8 Å². The Hall–Kier alpha value is -0.380. The molecule has 0 aliphatic heterocycles. The first-order chi connectivity index (χ1) is 8.58. The Kier molecular flexibility index (Phi) is 10.3. The molecule has 0 rings (SSSR count). The third kappa shape index (κ3) is 8.67. The topological polar surface area (TPSA) is 61.8 Å². The van der Waals surface area contributed by atoms with Crippen molar-refractivity contribution in [2.75, 3.05) is 26.0 Å². The fourth-order valence-corrected chi connectivity index (χ4v) is 3.03. The number of esters is 1. The minimum atomic E-state index is -3.03. The first-order valence-electron chi connectivity index (χ1n) is 6.61. The summed E-state index contributed by atoms with van der Waals surface area (Å²) in [6, 6.07) is 0. The second-order valence-corrected chi connectivity index (χ2v) is 6.09. The zero-order chi connectivity index (χ0) is 13.9. The maximum Gasteiger partial charge on any atom is 0.330 e. The van der Waals surface area contributed by atoms with E-state index >= 15 is 0 Å². The Labute approximate surface area is 110 Å². The van der Waals surface area contributed by atoms with Crippen LogP contribution in [0, 0.1) is 0 Å². The van der Waals surface area contributed by atoms with Crippen LogP contribution in [0.2, 0.25) is 0 Å². The molecule has 0 aliphatic rings. The van der Waals surface area contributed by atoms with Crippen molar-refractivity contribution in [3.63, 3.8) is 0 Å². The maximum absolute atomic E-state index is 12.2. The van der Waals surface area contributed by atoms with E-state index in [9.17, 15) is 9.36 Å². The molecule has 1 atom stereocenters. The minimum Gasteiger partial charge on any atom is -0.466 e. The number of hydrogen-bond acceptors (Lipinski definition) is 5. The lowest BCUT2D eigenvalue weighted by atomic mass is 10.3. The van der Waals surface area contributed by atoms with E-state index in [1.54, 1.807) is 6.92 Å². The highest BCUT2D eigenvalue weighted by molar-refractivity contribution is 7.53. The van der Waals surface area contributed by atoms with E-state index < -0.39 is 7.60 Å². The molecule has 0 radical (unpaired) electrons. The fraction of sp³-hybridized carbons (Fsp3) is 0.917. The molecule has 0 bridgehead atoms. The Morgan fingerprint density at radius 2 is 1.72 bits per heavy atom. The van der Waals surface area contributed by atoms with E-state index in [2.05, 4.69) is 0 Å². The average molecular weight is 280 g/mol. The van der Waals surface area contributed by atoms with Gasteiger partial charge < -0.3 is 13.8 Å². The van der Waals surface area contributed by atoms with Crippen molar-refractivity contribution in [3.8, 4) is 0 Å². The van der Waals surface area contributed by atoms with Crippen molar-refractivity contribution < 1.29 is 23.1 Å². The lowest BCUT2D eigenvalue weighted by molar-refractivity contribution is -0.143. The zero-order valence-electron chi connectivity index (χ0n) is 11.6. The number of ether oxygens (including phenoxy) is 1. The van der Waals surface area contributed by atoms with E-state index in [1.165, 1.54) is 0 Å². The van der Waals surface area contributed by atoms with Gasteiger partial charge in [-0.3, -0.25) is 9.36 Å². The second kappa shape index (κ2) is 10.5. The minimum absolute atomic E-state index is 0.254. The summed E-state index contributed by atoms with van der Waals surface area (Å²) in [4.78, 5) is 11.3. The molecule has 0 N–H and O–H groups in total. The Bertz CT molecular complexity index is 267. The standard InChI is InChI=1S/C12H25O5P/c1-4-9-15-12(13)8-7-11-18(14,16-6-3)17-10-5-2/h4-11H2,1-3H3. The molecule has 108 valence electrons. The van der Waals surface area contributed by atoms with Crippen molar-refractivity contribution in [1.29, 1.82) is 0 Å². The number of hydrogen-bond donors (Lipinski definition) is 0. The van der Waals surface area contributed by atoms with Crippen LogP contribution in [0.5, 0.6) is 0 Å². The van der Waals surface area contributed by atoms with Crippen LogP contribution < -0.4 is 0 Å². The summed E-state index contributed by atoms with van der Waals surface area (Å²) in [7, 11) is -3.03. The molecule has 0 spiro atoms. The summed E-state index contributed by atoms with van der Waals surface area (Å²) in [5.74, 6) is -0.254. The highest BCUT2D eigenvalue weighted by Gasteiger charge is 2.23. The molecule has 0 aromatic carbocycles. The number of carbonyl (C=O) groups excluding carboxylic acids is 1. The average Bonchev–Trinajstić information content (AvgIpc) is 2.34. The van der Waals surface area contributed by atoms with Gasteiger partial charge in [-0.15, -0.1) is 0 Å². The van der Waals surface area contributed by atoms with Gasteiger partial charge in [0.15, 0.2) is 0 Å². The largest absolute Gasteiger partial charge is 0.466 e. The lowest BCUT2D eigenvalue weighted by Crippen LogP contribution is -2.07. The molecule has 1 unspecified atom stereocenters. The van der Waals surface area contributed by atoms with Gasteiger partial charge >= 0.3 is 13.6 Å². The SMILES string of the molecule is CCCOC(=O)CCCP(=O)(OCC)OCCC. The first kappa shape index (κ1) is 17.6. The summed E-state index contributed by atoms with van der Waals surface area (Å²) in [5.41, 5.74) is 0. The summed E-state index contributed by atoms with van der Waals surface area (Å²) >= 11 is 0. The van der Waals surface area contributed by atoms with Gasteiger partial charge in [0, 0.05) is 6.42 Å². The second-order valence-electron chi connectivity index (χ2n) is 3.91. The van der Waals surface area contributed by atoms with Crippen LogP contribution >= 0.6 is 7.60 Å². The van der Waals surface area contributed by atoms with Gasteiger partial charge in [0.1, 0.15) is 0 Å². The fourth-order valence-electron chi connectivity index (χ4n) is 1.30. The molecule has 0 amide bonds. The van der Waals surface area contributed by atoms with Gasteiger partial charge in [-0.05, 0) is 26.2 Å². The number of rotatable bonds is 11. The zero-order valence-corrected chi connectivity index (χ0v) is 12.5. The highest BCUT2D eigenvalue weighted by atomic mass is 31.2. The quantitative estimate of drug-likeness (QED) is 0.429. The van der Waals surface area contributed by atoms with Crippen molar-refractivity contribution >= 4 is 13.6 Å². The van der Waals surface area contributed by atoms with Gasteiger partial charge in [-0.2, -0.15) is 0 Å². The molecule has 0 aromatic heterocycles. The molecular weight excluding hydrogens is 255 g/mol. The lowest BCUT2D eigenvalue weighted by Gasteiger charge is -2.17.